The third kappa shape index (κ3) is 6.78. The van der Waals surface area contributed by atoms with Gasteiger partial charge in [-0.25, -0.2) is 0 Å². The second kappa shape index (κ2) is 10.3. The van der Waals surface area contributed by atoms with E-state index in [0.29, 0.717) is 5.92 Å². The van der Waals surface area contributed by atoms with Gasteiger partial charge >= 0.3 is 0 Å². The Morgan fingerprint density at radius 1 is 1.15 bits per heavy atom. The second-order valence-electron chi connectivity index (χ2n) is 5.51. The van der Waals surface area contributed by atoms with Gasteiger partial charge in [-0.2, -0.15) is 0 Å². The van der Waals surface area contributed by atoms with E-state index in [9.17, 15) is 0 Å². The molecule has 0 unspecified atom stereocenters. The number of nitrogens with one attached hydrogen (secondary N) is 1. The fraction of sp³-hybridized carbons (Fsp3) is 0.647. The lowest BCUT2D eigenvalue weighted by Crippen LogP contribution is -2.25. The van der Waals surface area contributed by atoms with Gasteiger partial charge in [0.15, 0.2) is 0 Å². The lowest BCUT2D eigenvalue weighted by molar-refractivity contribution is 0.324. The lowest BCUT2D eigenvalue weighted by atomic mass is 10.2. The van der Waals surface area contributed by atoms with E-state index in [4.69, 9.17) is 0 Å². The highest BCUT2D eigenvalue weighted by Gasteiger charge is 2.04. The Kier molecular flexibility index (Phi) is 8.99. The van der Waals surface area contributed by atoms with Gasteiger partial charge in [0.1, 0.15) is 0 Å². The summed E-state index contributed by atoms with van der Waals surface area (Å²) < 4.78 is 0. The van der Waals surface area contributed by atoms with E-state index in [2.05, 4.69) is 62.2 Å². The van der Waals surface area contributed by atoms with E-state index in [-0.39, 0.29) is 0 Å². The Morgan fingerprint density at radius 3 is 2.50 bits per heavy atom. The summed E-state index contributed by atoms with van der Waals surface area (Å²) in [7, 11) is 0. The van der Waals surface area contributed by atoms with Gasteiger partial charge in [0.25, 0.3) is 0 Å². The van der Waals surface area contributed by atoms with Crippen molar-refractivity contribution in [2.75, 3.05) is 31.9 Å². The molecule has 0 amide bonds. The van der Waals surface area contributed by atoms with Gasteiger partial charge in [-0.05, 0) is 37.2 Å². The van der Waals surface area contributed by atoms with Crippen LogP contribution >= 0.6 is 11.8 Å². The zero-order valence-corrected chi connectivity index (χ0v) is 14.3. The molecule has 0 aliphatic rings. The summed E-state index contributed by atoms with van der Waals surface area (Å²) in [6, 6.07) is 8.78. The molecule has 0 bridgehead atoms. The van der Waals surface area contributed by atoms with Gasteiger partial charge in [0.05, 0.1) is 0 Å². The zero-order valence-electron chi connectivity index (χ0n) is 13.5. The van der Waals surface area contributed by atoms with Crippen LogP contribution in [0, 0.1) is 5.92 Å². The Balaban J connectivity index is 2.44. The highest BCUT2D eigenvalue weighted by atomic mass is 32.2. The van der Waals surface area contributed by atoms with Crippen molar-refractivity contribution >= 4 is 11.8 Å². The van der Waals surface area contributed by atoms with Crippen molar-refractivity contribution in [3.05, 3.63) is 29.8 Å². The smallest absolute Gasteiger partial charge is 0.0216 e. The molecule has 3 heteroatoms. The summed E-state index contributed by atoms with van der Waals surface area (Å²) in [6.45, 7) is 14.5. The molecular weight excluding hydrogens is 264 g/mol. The molecule has 0 saturated heterocycles. The van der Waals surface area contributed by atoms with Crippen LogP contribution < -0.4 is 5.32 Å². The van der Waals surface area contributed by atoms with Crippen LogP contribution in [0.3, 0.4) is 0 Å². The van der Waals surface area contributed by atoms with Crippen LogP contribution in [0.4, 0.5) is 0 Å². The molecule has 1 rings (SSSR count). The number of nitrogens with zero attached hydrogens (tertiary/aromatic N) is 1. The van der Waals surface area contributed by atoms with Crippen LogP contribution in [-0.4, -0.2) is 36.8 Å². The van der Waals surface area contributed by atoms with Gasteiger partial charge in [0, 0.05) is 23.7 Å². The minimum atomic E-state index is 0.706. The van der Waals surface area contributed by atoms with Crippen molar-refractivity contribution in [3.8, 4) is 0 Å². The van der Waals surface area contributed by atoms with Crippen molar-refractivity contribution in [1.82, 2.24) is 10.2 Å². The Morgan fingerprint density at radius 2 is 1.85 bits per heavy atom. The monoisotopic (exact) mass is 294 g/mol. The molecule has 20 heavy (non-hydrogen) atoms. The van der Waals surface area contributed by atoms with Crippen LogP contribution in [0.1, 0.15) is 33.3 Å². The van der Waals surface area contributed by atoms with Crippen molar-refractivity contribution in [1.29, 1.82) is 0 Å². The average molecular weight is 295 g/mol. The lowest BCUT2D eigenvalue weighted by Gasteiger charge is -2.18. The third-order valence-corrected chi connectivity index (χ3v) is 4.50. The Bertz CT molecular complexity index is 362. The van der Waals surface area contributed by atoms with E-state index >= 15 is 0 Å². The summed E-state index contributed by atoms with van der Waals surface area (Å²) in [4.78, 5) is 3.91. The van der Waals surface area contributed by atoms with E-state index in [0.717, 1.165) is 26.2 Å². The first kappa shape index (κ1) is 17.5. The first-order valence-electron chi connectivity index (χ1n) is 7.81. The zero-order chi connectivity index (χ0) is 14.8. The molecule has 0 heterocycles. The summed E-state index contributed by atoms with van der Waals surface area (Å²) in [5.74, 6) is 1.88. The molecule has 0 spiro atoms. The minimum absolute atomic E-state index is 0.706. The number of hydrogen-bond acceptors (Lipinski definition) is 3. The summed E-state index contributed by atoms with van der Waals surface area (Å²) in [5.41, 5.74) is 1.43. The topological polar surface area (TPSA) is 15.3 Å². The molecule has 114 valence electrons. The maximum absolute atomic E-state index is 3.54. The predicted molar refractivity (Wildman–Crippen MR) is 91.5 cm³/mol. The van der Waals surface area contributed by atoms with Crippen LogP contribution in [0.25, 0.3) is 0 Å². The molecule has 0 atom stereocenters. The normalized spacial score (nSPS) is 11.5. The van der Waals surface area contributed by atoms with E-state index in [1.165, 1.54) is 22.8 Å². The van der Waals surface area contributed by atoms with Crippen LogP contribution in [0.5, 0.6) is 0 Å². The Hall–Kier alpha value is -0.510. The van der Waals surface area contributed by atoms with Gasteiger partial charge < -0.3 is 10.2 Å². The van der Waals surface area contributed by atoms with Crippen molar-refractivity contribution < 1.29 is 0 Å². The maximum atomic E-state index is 3.54. The molecular formula is C17H30N2S. The van der Waals surface area contributed by atoms with E-state index < -0.39 is 0 Å². The fourth-order valence-electron chi connectivity index (χ4n) is 2.11. The molecule has 1 aromatic rings. The van der Waals surface area contributed by atoms with Crippen molar-refractivity contribution in [3.63, 3.8) is 0 Å². The molecule has 2 nitrogen and oxygen atoms in total. The standard InChI is InChI=1S/C17H30N2S/c1-5-19(6-2)11-12-20-17-10-8-7-9-16(17)14-18-13-15(3)4/h7-10,15,18H,5-6,11-14H2,1-4H3. The third-order valence-electron chi connectivity index (χ3n) is 3.40. The number of thioether (sulfide) groups is 1. The van der Waals surface area contributed by atoms with Crippen molar-refractivity contribution in [2.45, 2.75) is 39.1 Å². The van der Waals surface area contributed by atoms with Gasteiger partial charge in [-0.15, -0.1) is 11.8 Å². The Labute approximate surface area is 129 Å². The SMILES string of the molecule is CCN(CC)CCSc1ccccc1CNCC(C)C. The average Bonchev–Trinajstić information content (AvgIpc) is 2.45. The molecule has 0 aromatic heterocycles. The number of hydrogen-bond donors (Lipinski definition) is 1. The summed E-state index contributed by atoms with van der Waals surface area (Å²) in [6.07, 6.45) is 0. The highest BCUT2D eigenvalue weighted by molar-refractivity contribution is 7.99. The molecule has 1 aromatic carbocycles. The summed E-state index contributed by atoms with van der Waals surface area (Å²) >= 11 is 1.98. The maximum Gasteiger partial charge on any atom is 0.0216 e. The first-order chi connectivity index (χ1) is 9.67. The van der Waals surface area contributed by atoms with Crippen LogP contribution in [0.15, 0.2) is 29.2 Å². The first-order valence-corrected chi connectivity index (χ1v) is 8.79. The highest BCUT2D eigenvalue weighted by Crippen LogP contribution is 2.22. The van der Waals surface area contributed by atoms with Crippen LogP contribution in [0.2, 0.25) is 0 Å². The van der Waals surface area contributed by atoms with E-state index in [1.54, 1.807) is 0 Å². The van der Waals surface area contributed by atoms with Crippen molar-refractivity contribution in [2.24, 2.45) is 5.92 Å². The largest absolute Gasteiger partial charge is 0.312 e. The molecule has 1 N–H and O–H groups in total. The second-order valence-corrected chi connectivity index (χ2v) is 6.64. The molecule has 0 aliphatic heterocycles. The van der Waals surface area contributed by atoms with Crippen LogP contribution in [-0.2, 0) is 6.54 Å². The van der Waals surface area contributed by atoms with Gasteiger partial charge in [-0.1, -0.05) is 45.9 Å². The molecule has 0 saturated carbocycles. The minimum Gasteiger partial charge on any atom is -0.312 e. The fourth-order valence-corrected chi connectivity index (χ4v) is 3.18. The van der Waals surface area contributed by atoms with Gasteiger partial charge in [0.2, 0.25) is 0 Å². The van der Waals surface area contributed by atoms with Gasteiger partial charge in [-0.3, -0.25) is 0 Å². The number of rotatable bonds is 10. The molecule has 0 aliphatic carbocycles. The predicted octanol–water partition coefficient (Wildman–Crippen LogP) is 3.87. The quantitative estimate of drug-likeness (QED) is 0.660. The number of benzene rings is 1. The van der Waals surface area contributed by atoms with E-state index in [1.807, 2.05) is 11.8 Å². The molecule has 0 radical (unpaired) electrons. The molecule has 0 fully saturated rings. The summed E-state index contributed by atoms with van der Waals surface area (Å²) in [5, 5.41) is 3.54.